The highest BCUT2D eigenvalue weighted by molar-refractivity contribution is 9.10. The van der Waals surface area contributed by atoms with Crippen molar-refractivity contribution < 1.29 is 14.6 Å². The summed E-state index contributed by atoms with van der Waals surface area (Å²) < 4.78 is 6.80. The van der Waals surface area contributed by atoms with E-state index in [4.69, 9.17) is 9.84 Å². The van der Waals surface area contributed by atoms with Crippen LogP contribution in [-0.2, 0) is 4.79 Å². The molecule has 0 fully saturated rings. The Morgan fingerprint density at radius 1 is 1.14 bits per heavy atom. The number of ether oxygens (including phenoxy) is 1. The minimum absolute atomic E-state index is 0.0455. The molecule has 1 amide bonds. The normalized spacial score (nSPS) is 11.7. The fourth-order valence-electron chi connectivity index (χ4n) is 1.93. The number of aliphatic hydroxyl groups is 1. The summed E-state index contributed by atoms with van der Waals surface area (Å²) in [6.07, 6.45) is -0.202. The standard InChI is InChI=1S/C17H18BrNO3/c18-14-7-9-15(10-8-14)22-16(13-5-2-1-3-6-13)17(21)19-11-4-12-20/h1-3,5-10,16,20H,4,11-12H2,(H,19,21). The van der Waals surface area contributed by atoms with Gasteiger partial charge in [0.15, 0.2) is 0 Å². The van der Waals surface area contributed by atoms with Gasteiger partial charge in [0, 0.05) is 23.2 Å². The molecular weight excluding hydrogens is 346 g/mol. The van der Waals surface area contributed by atoms with Gasteiger partial charge in [0.25, 0.3) is 5.91 Å². The number of hydrogen-bond donors (Lipinski definition) is 2. The third-order valence-electron chi connectivity index (χ3n) is 3.04. The first kappa shape index (κ1) is 16.5. The van der Waals surface area contributed by atoms with E-state index in [1.807, 2.05) is 42.5 Å². The summed E-state index contributed by atoms with van der Waals surface area (Å²) >= 11 is 3.37. The van der Waals surface area contributed by atoms with E-state index in [0.717, 1.165) is 10.0 Å². The highest BCUT2D eigenvalue weighted by Crippen LogP contribution is 2.24. The van der Waals surface area contributed by atoms with Crippen LogP contribution in [0.1, 0.15) is 18.1 Å². The van der Waals surface area contributed by atoms with Crippen molar-refractivity contribution in [1.82, 2.24) is 5.32 Å². The average Bonchev–Trinajstić information content (AvgIpc) is 2.55. The van der Waals surface area contributed by atoms with Crippen molar-refractivity contribution in [2.45, 2.75) is 12.5 Å². The van der Waals surface area contributed by atoms with E-state index in [-0.39, 0.29) is 12.5 Å². The molecule has 0 aliphatic heterocycles. The zero-order valence-electron chi connectivity index (χ0n) is 12.0. The van der Waals surface area contributed by atoms with Crippen LogP contribution in [0.15, 0.2) is 59.1 Å². The number of amides is 1. The first-order valence-electron chi connectivity index (χ1n) is 7.06. The van der Waals surface area contributed by atoms with E-state index in [1.165, 1.54) is 0 Å². The van der Waals surface area contributed by atoms with Gasteiger partial charge in [-0.25, -0.2) is 0 Å². The molecule has 0 bridgehead atoms. The summed E-state index contributed by atoms with van der Waals surface area (Å²) in [5, 5.41) is 11.6. The van der Waals surface area contributed by atoms with E-state index in [0.29, 0.717) is 18.7 Å². The van der Waals surface area contributed by atoms with Crippen LogP contribution in [0.4, 0.5) is 0 Å². The molecule has 2 aromatic rings. The SMILES string of the molecule is O=C(NCCCO)C(Oc1ccc(Br)cc1)c1ccccc1. The topological polar surface area (TPSA) is 58.6 Å². The molecule has 116 valence electrons. The Balaban J connectivity index is 2.14. The zero-order chi connectivity index (χ0) is 15.8. The quantitative estimate of drug-likeness (QED) is 0.743. The van der Waals surface area contributed by atoms with E-state index in [9.17, 15) is 4.79 Å². The van der Waals surface area contributed by atoms with Gasteiger partial charge in [-0.2, -0.15) is 0 Å². The molecule has 0 saturated carbocycles. The molecule has 1 atom stereocenters. The van der Waals surface area contributed by atoms with Gasteiger partial charge in [0.05, 0.1) is 0 Å². The molecule has 2 aromatic carbocycles. The second-order valence-corrected chi connectivity index (χ2v) is 5.65. The number of aliphatic hydroxyl groups excluding tert-OH is 1. The van der Waals surface area contributed by atoms with Crippen molar-refractivity contribution in [3.8, 4) is 5.75 Å². The van der Waals surface area contributed by atoms with Crippen LogP contribution in [0, 0.1) is 0 Å². The lowest BCUT2D eigenvalue weighted by Crippen LogP contribution is -2.33. The third-order valence-corrected chi connectivity index (χ3v) is 3.57. The summed E-state index contributed by atoms with van der Waals surface area (Å²) in [4.78, 5) is 12.4. The molecule has 2 rings (SSSR count). The van der Waals surface area contributed by atoms with Gasteiger partial charge in [-0.1, -0.05) is 46.3 Å². The monoisotopic (exact) mass is 363 g/mol. The van der Waals surface area contributed by atoms with Gasteiger partial charge in [0.2, 0.25) is 6.10 Å². The Morgan fingerprint density at radius 2 is 1.82 bits per heavy atom. The maximum atomic E-state index is 12.4. The maximum Gasteiger partial charge on any atom is 0.265 e. The molecule has 0 spiro atoms. The van der Waals surface area contributed by atoms with E-state index < -0.39 is 6.10 Å². The summed E-state index contributed by atoms with van der Waals surface area (Å²) in [5.74, 6) is 0.400. The summed E-state index contributed by atoms with van der Waals surface area (Å²) in [6, 6.07) is 16.7. The first-order valence-corrected chi connectivity index (χ1v) is 7.86. The molecule has 5 heteroatoms. The Morgan fingerprint density at radius 3 is 2.45 bits per heavy atom. The van der Waals surface area contributed by atoms with Crippen LogP contribution in [0.3, 0.4) is 0 Å². The fraction of sp³-hybridized carbons (Fsp3) is 0.235. The van der Waals surface area contributed by atoms with Crippen molar-refractivity contribution in [3.05, 3.63) is 64.6 Å². The molecule has 0 heterocycles. The van der Waals surface area contributed by atoms with Gasteiger partial charge < -0.3 is 15.2 Å². The van der Waals surface area contributed by atoms with Crippen LogP contribution in [0.5, 0.6) is 5.75 Å². The fourth-order valence-corrected chi connectivity index (χ4v) is 2.20. The second-order valence-electron chi connectivity index (χ2n) is 4.73. The highest BCUT2D eigenvalue weighted by atomic mass is 79.9. The molecule has 22 heavy (non-hydrogen) atoms. The molecule has 4 nitrogen and oxygen atoms in total. The first-order chi connectivity index (χ1) is 10.7. The van der Waals surface area contributed by atoms with Gasteiger partial charge in [0.1, 0.15) is 5.75 Å². The molecule has 2 N–H and O–H groups in total. The molecular formula is C17H18BrNO3. The Labute approximate surface area is 138 Å². The van der Waals surface area contributed by atoms with E-state index >= 15 is 0 Å². The molecule has 0 radical (unpaired) electrons. The third kappa shape index (κ3) is 4.86. The van der Waals surface area contributed by atoms with E-state index in [2.05, 4.69) is 21.2 Å². The number of carbonyl (C=O) groups is 1. The number of rotatable bonds is 7. The van der Waals surface area contributed by atoms with Crippen molar-refractivity contribution >= 4 is 21.8 Å². The molecule has 0 aliphatic carbocycles. The molecule has 0 aliphatic rings. The predicted molar refractivity (Wildman–Crippen MR) is 88.7 cm³/mol. The second kappa shape index (κ2) is 8.56. The number of nitrogens with one attached hydrogen (secondary N) is 1. The van der Waals surface area contributed by atoms with Crippen LogP contribution < -0.4 is 10.1 Å². The molecule has 1 unspecified atom stereocenters. The molecule has 0 aromatic heterocycles. The van der Waals surface area contributed by atoms with Gasteiger partial charge in [-0.15, -0.1) is 0 Å². The number of benzene rings is 2. The lowest BCUT2D eigenvalue weighted by atomic mass is 10.1. The van der Waals surface area contributed by atoms with Crippen molar-refractivity contribution in [1.29, 1.82) is 0 Å². The van der Waals surface area contributed by atoms with Crippen LogP contribution in [0.25, 0.3) is 0 Å². The van der Waals surface area contributed by atoms with Crippen molar-refractivity contribution in [3.63, 3.8) is 0 Å². The van der Waals surface area contributed by atoms with Gasteiger partial charge in [-0.05, 0) is 30.7 Å². The van der Waals surface area contributed by atoms with Gasteiger partial charge in [-0.3, -0.25) is 4.79 Å². The van der Waals surface area contributed by atoms with Crippen LogP contribution in [-0.4, -0.2) is 24.2 Å². The largest absolute Gasteiger partial charge is 0.476 e. The number of halogens is 1. The minimum Gasteiger partial charge on any atom is -0.476 e. The average molecular weight is 364 g/mol. The Hall–Kier alpha value is -1.85. The lowest BCUT2D eigenvalue weighted by molar-refractivity contribution is -0.128. The van der Waals surface area contributed by atoms with Crippen molar-refractivity contribution in [2.75, 3.05) is 13.2 Å². The lowest BCUT2D eigenvalue weighted by Gasteiger charge is -2.19. The highest BCUT2D eigenvalue weighted by Gasteiger charge is 2.22. The Bertz CT molecular complexity index is 587. The number of hydrogen-bond acceptors (Lipinski definition) is 3. The maximum absolute atomic E-state index is 12.4. The molecule has 0 saturated heterocycles. The van der Waals surface area contributed by atoms with Crippen LogP contribution >= 0.6 is 15.9 Å². The number of carbonyl (C=O) groups excluding carboxylic acids is 1. The summed E-state index contributed by atoms with van der Waals surface area (Å²) in [7, 11) is 0. The zero-order valence-corrected chi connectivity index (χ0v) is 13.6. The summed E-state index contributed by atoms with van der Waals surface area (Å²) in [5.41, 5.74) is 0.784. The summed E-state index contributed by atoms with van der Waals surface area (Å²) in [6.45, 7) is 0.465. The Kier molecular flexibility index (Phi) is 6.43. The van der Waals surface area contributed by atoms with E-state index in [1.54, 1.807) is 12.1 Å². The van der Waals surface area contributed by atoms with Crippen molar-refractivity contribution in [2.24, 2.45) is 0 Å². The van der Waals surface area contributed by atoms with Gasteiger partial charge >= 0.3 is 0 Å². The minimum atomic E-state index is -0.721. The van der Waals surface area contributed by atoms with Crippen LogP contribution in [0.2, 0.25) is 0 Å². The predicted octanol–water partition coefficient (Wildman–Crippen LogP) is 3.07. The smallest absolute Gasteiger partial charge is 0.265 e.